The van der Waals surface area contributed by atoms with Crippen LogP contribution in [-0.2, 0) is 9.53 Å². The van der Waals surface area contributed by atoms with Gasteiger partial charge in [0.05, 0.1) is 25.1 Å². The molecular formula is C34H28N4O4S. The molecule has 5 rings (SSSR count). The molecule has 0 bridgehead atoms. The van der Waals surface area contributed by atoms with Crippen LogP contribution in [0.15, 0.2) is 96.0 Å². The van der Waals surface area contributed by atoms with Crippen LogP contribution in [0.25, 0.3) is 34.1 Å². The van der Waals surface area contributed by atoms with Crippen LogP contribution in [0.4, 0.5) is 5.00 Å². The molecule has 2 heterocycles. The number of thiophene rings is 1. The Labute approximate surface area is 253 Å². The van der Waals surface area contributed by atoms with E-state index >= 15 is 0 Å². The fraction of sp³-hybridized carbons (Fsp3) is 0.118. The first kappa shape index (κ1) is 29.0. The number of carbonyl (C=O) groups excluding carboxylic acids is 2. The van der Waals surface area contributed by atoms with Crippen LogP contribution in [0.1, 0.15) is 28.4 Å². The molecule has 0 fully saturated rings. The van der Waals surface area contributed by atoms with E-state index in [9.17, 15) is 14.9 Å². The second kappa shape index (κ2) is 13.0. The van der Waals surface area contributed by atoms with Gasteiger partial charge in [0.15, 0.2) is 0 Å². The summed E-state index contributed by atoms with van der Waals surface area (Å²) in [7, 11) is 1.59. The first-order chi connectivity index (χ1) is 20.9. The Balaban J connectivity index is 1.53. The largest absolute Gasteiger partial charge is 0.497 e. The highest BCUT2D eigenvalue weighted by Gasteiger charge is 2.24. The number of nitriles is 1. The van der Waals surface area contributed by atoms with Crippen LogP contribution in [0.5, 0.6) is 5.75 Å². The van der Waals surface area contributed by atoms with Gasteiger partial charge in [-0.25, -0.2) is 9.48 Å². The predicted molar refractivity (Wildman–Crippen MR) is 168 cm³/mol. The highest BCUT2D eigenvalue weighted by atomic mass is 32.1. The van der Waals surface area contributed by atoms with Crippen LogP contribution in [0, 0.1) is 18.3 Å². The Morgan fingerprint density at radius 1 is 1.02 bits per heavy atom. The van der Waals surface area contributed by atoms with E-state index < -0.39 is 11.9 Å². The SMILES string of the molecule is CCOC(=O)c1c(-c2ccc(C)cc2)csc1NC(=O)C(C#N)=Cc1cn(-c2ccccc2)nc1-c1ccc(OC)cc1. The van der Waals surface area contributed by atoms with Crippen molar-refractivity contribution in [3.05, 3.63) is 113 Å². The maximum atomic E-state index is 13.5. The second-order valence-corrected chi connectivity index (χ2v) is 10.4. The topological polar surface area (TPSA) is 106 Å². The predicted octanol–water partition coefficient (Wildman–Crippen LogP) is 7.31. The molecule has 5 aromatic rings. The van der Waals surface area contributed by atoms with Crippen molar-refractivity contribution in [3.8, 4) is 39.9 Å². The minimum absolute atomic E-state index is 0.150. The summed E-state index contributed by atoms with van der Waals surface area (Å²) in [5.74, 6) is -0.514. The van der Waals surface area contributed by atoms with Crippen LogP contribution < -0.4 is 10.1 Å². The number of benzene rings is 3. The van der Waals surface area contributed by atoms with Crippen molar-refractivity contribution in [3.63, 3.8) is 0 Å². The standard InChI is InChI=1S/C34H28N4O4S/c1-4-42-34(40)30-29(23-12-10-22(2)11-13-23)21-43-33(30)36-32(39)25(19-35)18-26-20-38(27-8-6-5-7-9-27)37-31(26)24-14-16-28(41-3)17-15-24/h5-18,20-21H,4H2,1-3H3,(H,36,39). The van der Waals surface area contributed by atoms with Crippen molar-refractivity contribution in [2.75, 3.05) is 19.0 Å². The maximum Gasteiger partial charge on any atom is 0.341 e. The van der Waals surface area contributed by atoms with Crippen LogP contribution in [0.3, 0.4) is 0 Å². The lowest BCUT2D eigenvalue weighted by atomic mass is 10.0. The zero-order valence-electron chi connectivity index (χ0n) is 23.8. The molecule has 0 aliphatic carbocycles. The zero-order valence-corrected chi connectivity index (χ0v) is 24.6. The summed E-state index contributed by atoms with van der Waals surface area (Å²) >= 11 is 1.20. The number of esters is 1. The maximum absolute atomic E-state index is 13.5. The molecule has 1 amide bonds. The average molecular weight is 589 g/mol. The van der Waals surface area contributed by atoms with Crippen molar-refractivity contribution < 1.29 is 19.1 Å². The quantitative estimate of drug-likeness (QED) is 0.110. The smallest absolute Gasteiger partial charge is 0.341 e. The molecule has 0 atom stereocenters. The van der Waals surface area contributed by atoms with Gasteiger partial charge in [-0.05, 0) is 61.9 Å². The van der Waals surface area contributed by atoms with E-state index in [1.807, 2.05) is 91.9 Å². The van der Waals surface area contributed by atoms with E-state index in [-0.39, 0.29) is 17.7 Å². The number of para-hydroxylation sites is 1. The van der Waals surface area contributed by atoms with Gasteiger partial charge in [0, 0.05) is 28.3 Å². The number of aryl methyl sites for hydroxylation is 1. The monoisotopic (exact) mass is 588 g/mol. The van der Waals surface area contributed by atoms with Gasteiger partial charge in [-0.3, -0.25) is 4.79 Å². The summed E-state index contributed by atoms with van der Waals surface area (Å²) in [4.78, 5) is 26.5. The van der Waals surface area contributed by atoms with Gasteiger partial charge in [0.25, 0.3) is 5.91 Å². The molecule has 2 aromatic heterocycles. The van der Waals surface area contributed by atoms with E-state index in [1.54, 1.807) is 30.3 Å². The number of methoxy groups -OCH3 is 1. The lowest BCUT2D eigenvalue weighted by Gasteiger charge is -2.09. The number of amides is 1. The van der Waals surface area contributed by atoms with Crippen molar-refractivity contribution in [2.24, 2.45) is 0 Å². The minimum atomic E-state index is -0.654. The van der Waals surface area contributed by atoms with E-state index in [4.69, 9.17) is 14.6 Å². The molecule has 0 spiro atoms. The fourth-order valence-electron chi connectivity index (χ4n) is 4.46. The minimum Gasteiger partial charge on any atom is -0.497 e. The number of hydrogen-bond donors (Lipinski definition) is 1. The number of ether oxygens (including phenoxy) is 2. The fourth-order valence-corrected chi connectivity index (χ4v) is 5.41. The van der Waals surface area contributed by atoms with Crippen molar-refractivity contribution >= 4 is 34.3 Å². The summed E-state index contributed by atoms with van der Waals surface area (Å²) in [5.41, 5.74) is 5.39. The Kier molecular flexibility index (Phi) is 8.79. The van der Waals surface area contributed by atoms with Gasteiger partial charge in [-0.1, -0.05) is 48.0 Å². The van der Waals surface area contributed by atoms with Crippen LogP contribution >= 0.6 is 11.3 Å². The molecule has 3 aromatic carbocycles. The molecule has 8 nitrogen and oxygen atoms in total. The van der Waals surface area contributed by atoms with Gasteiger partial charge < -0.3 is 14.8 Å². The first-order valence-electron chi connectivity index (χ1n) is 13.5. The molecule has 0 saturated heterocycles. The molecule has 1 N–H and O–H groups in total. The molecule has 214 valence electrons. The number of hydrogen-bond acceptors (Lipinski definition) is 7. The Hall–Kier alpha value is -5.46. The number of aromatic nitrogens is 2. The van der Waals surface area contributed by atoms with E-state index in [1.165, 1.54) is 17.4 Å². The molecule has 0 saturated carbocycles. The highest BCUT2D eigenvalue weighted by Crippen LogP contribution is 2.37. The van der Waals surface area contributed by atoms with Crippen molar-refractivity contribution in [1.29, 1.82) is 5.26 Å². The third kappa shape index (κ3) is 6.40. The average Bonchev–Trinajstić information content (AvgIpc) is 3.65. The summed E-state index contributed by atoms with van der Waals surface area (Å²) in [6.07, 6.45) is 3.27. The molecular weight excluding hydrogens is 560 g/mol. The van der Waals surface area contributed by atoms with E-state index in [0.717, 1.165) is 22.4 Å². The molecule has 43 heavy (non-hydrogen) atoms. The Morgan fingerprint density at radius 3 is 2.37 bits per heavy atom. The summed E-state index contributed by atoms with van der Waals surface area (Å²) in [5, 5.41) is 19.7. The summed E-state index contributed by atoms with van der Waals surface area (Å²) in [6.45, 7) is 3.88. The molecule has 0 radical (unpaired) electrons. The van der Waals surface area contributed by atoms with Crippen LogP contribution in [0.2, 0.25) is 0 Å². The molecule has 0 aliphatic rings. The third-order valence-corrected chi connectivity index (χ3v) is 7.55. The summed E-state index contributed by atoms with van der Waals surface area (Å²) < 4.78 is 12.3. The summed E-state index contributed by atoms with van der Waals surface area (Å²) in [6, 6.07) is 26.7. The highest BCUT2D eigenvalue weighted by molar-refractivity contribution is 7.15. The normalized spacial score (nSPS) is 11.1. The molecule has 9 heteroatoms. The van der Waals surface area contributed by atoms with Gasteiger partial charge in [-0.15, -0.1) is 11.3 Å². The number of nitrogens with one attached hydrogen (secondary N) is 1. The van der Waals surface area contributed by atoms with E-state index in [0.29, 0.717) is 27.6 Å². The number of anilines is 1. The van der Waals surface area contributed by atoms with E-state index in [2.05, 4.69) is 5.32 Å². The number of rotatable bonds is 9. The van der Waals surface area contributed by atoms with Crippen LogP contribution in [-0.4, -0.2) is 35.4 Å². The third-order valence-electron chi connectivity index (χ3n) is 6.65. The number of carbonyl (C=O) groups is 2. The van der Waals surface area contributed by atoms with Gasteiger partial charge in [-0.2, -0.15) is 10.4 Å². The Bertz CT molecular complexity index is 1830. The molecule has 0 aliphatic heterocycles. The van der Waals surface area contributed by atoms with Gasteiger partial charge in [0.1, 0.15) is 28.0 Å². The first-order valence-corrected chi connectivity index (χ1v) is 14.4. The second-order valence-electron chi connectivity index (χ2n) is 9.51. The lowest BCUT2D eigenvalue weighted by molar-refractivity contribution is -0.112. The van der Waals surface area contributed by atoms with Crippen molar-refractivity contribution in [1.82, 2.24) is 9.78 Å². The van der Waals surface area contributed by atoms with Crippen molar-refractivity contribution in [2.45, 2.75) is 13.8 Å². The number of nitrogens with zero attached hydrogens (tertiary/aromatic N) is 3. The molecule has 0 unspecified atom stereocenters. The van der Waals surface area contributed by atoms with Gasteiger partial charge >= 0.3 is 5.97 Å². The Morgan fingerprint density at radius 2 is 1.72 bits per heavy atom. The van der Waals surface area contributed by atoms with Gasteiger partial charge in [0.2, 0.25) is 0 Å². The zero-order chi connectivity index (χ0) is 30.3. The lowest BCUT2D eigenvalue weighted by Crippen LogP contribution is -2.16.